The number of aliphatic hydroxyl groups excluding tert-OH is 1. The van der Waals surface area contributed by atoms with Gasteiger partial charge in [0.15, 0.2) is 0 Å². The fourth-order valence-corrected chi connectivity index (χ4v) is 1.74. The Labute approximate surface area is 90.0 Å². The van der Waals surface area contributed by atoms with Crippen LogP contribution >= 0.6 is 0 Å². The van der Waals surface area contributed by atoms with Gasteiger partial charge in [-0.15, -0.1) is 0 Å². The molecule has 1 amide bonds. The molecular formula is C10H20N2O3. The Morgan fingerprint density at radius 3 is 2.67 bits per heavy atom. The fourth-order valence-electron chi connectivity index (χ4n) is 1.74. The summed E-state index contributed by atoms with van der Waals surface area (Å²) < 4.78 is 5.02. The summed E-state index contributed by atoms with van der Waals surface area (Å²) in [6.07, 6.45) is 2.80. The van der Waals surface area contributed by atoms with Gasteiger partial charge in [-0.05, 0) is 19.3 Å². The van der Waals surface area contributed by atoms with Crippen molar-refractivity contribution in [3.63, 3.8) is 0 Å². The summed E-state index contributed by atoms with van der Waals surface area (Å²) in [6.45, 7) is 0.342. The van der Waals surface area contributed by atoms with Crippen LogP contribution in [0.4, 0.5) is 0 Å². The zero-order valence-corrected chi connectivity index (χ0v) is 9.16. The van der Waals surface area contributed by atoms with Crippen molar-refractivity contribution >= 4 is 5.91 Å². The van der Waals surface area contributed by atoms with E-state index < -0.39 is 0 Å². The van der Waals surface area contributed by atoms with Gasteiger partial charge in [-0.1, -0.05) is 0 Å². The molecule has 4 N–H and O–H groups in total. The van der Waals surface area contributed by atoms with Gasteiger partial charge in [0, 0.05) is 13.7 Å². The van der Waals surface area contributed by atoms with Crippen molar-refractivity contribution in [3.8, 4) is 0 Å². The normalized spacial score (nSPS) is 20.5. The lowest BCUT2D eigenvalue weighted by atomic mass is 9.77. The molecule has 0 aliphatic heterocycles. The zero-order chi connectivity index (χ0) is 11.3. The molecule has 1 unspecified atom stereocenters. The largest absolute Gasteiger partial charge is 0.394 e. The second-order valence-corrected chi connectivity index (χ2v) is 4.14. The van der Waals surface area contributed by atoms with E-state index in [0.29, 0.717) is 6.54 Å². The second-order valence-electron chi connectivity index (χ2n) is 4.14. The predicted molar refractivity (Wildman–Crippen MR) is 56.3 cm³/mol. The molecule has 0 heterocycles. The first-order valence-electron chi connectivity index (χ1n) is 5.30. The van der Waals surface area contributed by atoms with Gasteiger partial charge in [0.05, 0.1) is 24.7 Å². The van der Waals surface area contributed by atoms with Crippen molar-refractivity contribution in [1.82, 2.24) is 5.32 Å². The van der Waals surface area contributed by atoms with Gasteiger partial charge in [0.25, 0.3) is 0 Å². The molecule has 0 aromatic rings. The maximum absolute atomic E-state index is 11.6. The highest BCUT2D eigenvalue weighted by Crippen LogP contribution is 2.31. The molecule has 0 radical (unpaired) electrons. The second kappa shape index (κ2) is 5.44. The van der Waals surface area contributed by atoms with E-state index in [1.54, 1.807) is 0 Å². The highest BCUT2D eigenvalue weighted by Gasteiger charge is 2.37. The molecule has 0 bridgehead atoms. The van der Waals surface area contributed by atoms with E-state index >= 15 is 0 Å². The fraction of sp³-hybridized carbons (Fsp3) is 0.900. The number of amides is 1. The molecule has 1 atom stereocenters. The first-order chi connectivity index (χ1) is 7.15. The van der Waals surface area contributed by atoms with E-state index in [0.717, 1.165) is 19.3 Å². The van der Waals surface area contributed by atoms with E-state index in [4.69, 9.17) is 15.6 Å². The third-order valence-electron chi connectivity index (χ3n) is 3.03. The molecule has 5 heteroatoms. The zero-order valence-electron chi connectivity index (χ0n) is 9.16. The van der Waals surface area contributed by atoms with Gasteiger partial charge in [-0.3, -0.25) is 4.79 Å². The van der Waals surface area contributed by atoms with Gasteiger partial charge in [0.1, 0.15) is 0 Å². The average Bonchev–Trinajstić information content (AvgIpc) is 2.20. The number of methoxy groups -OCH3 is 1. The molecule has 1 saturated carbocycles. The SMILES string of the molecule is COC(CN)CC(=O)NC1(CO)CCC1. The molecule has 0 aromatic carbocycles. The minimum Gasteiger partial charge on any atom is -0.394 e. The first-order valence-corrected chi connectivity index (χ1v) is 5.30. The topological polar surface area (TPSA) is 84.6 Å². The summed E-state index contributed by atoms with van der Waals surface area (Å²) in [5.74, 6) is -0.0962. The average molecular weight is 216 g/mol. The quantitative estimate of drug-likeness (QED) is 0.552. The van der Waals surface area contributed by atoms with Crippen molar-refractivity contribution in [2.24, 2.45) is 5.73 Å². The number of nitrogens with two attached hydrogens (primary N) is 1. The van der Waals surface area contributed by atoms with Crippen molar-refractivity contribution in [2.45, 2.75) is 37.3 Å². The van der Waals surface area contributed by atoms with Gasteiger partial charge in [0.2, 0.25) is 5.91 Å². The molecule has 0 saturated heterocycles. The standard InChI is InChI=1S/C10H20N2O3/c1-15-8(6-11)5-9(14)12-10(7-13)3-2-4-10/h8,13H,2-7,11H2,1H3,(H,12,14). The van der Waals surface area contributed by atoms with Crippen molar-refractivity contribution in [3.05, 3.63) is 0 Å². The number of nitrogens with one attached hydrogen (secondary N) is 1. The van der Waals surface area contributed by atoms with Gasteiger partial charge in [-0.2, -0.15) is 0 Å². The van der Waals surface area contributed by atoms with E-state index in [1.807, 2.05) is 0 Å². The van der Waals surface area contributed by atoms with Crippen LogP contribution < -0.4 is 11.1 Å². The summed E-state index contributed by atoms with van der Waals surface area (Å²) in [5.41, 5.74) is 5.05. The molecule has 15 heavy (non-hydrogen) atoms. The van der Waals surface area contributed by atoms with Crippen LogP contribution in [-0.2, 0) is 9.53 Å². The highest BCUT2D eigenvalue weighted by atomic mass is 16.5. The summed E-state index contributed by atoms with van der Waals surface area (Å²) in [6, 6.07) is 0. The lowest BCUT2D eigenvalue weighted by Gasteiger charge is -2.41. The Bertz CT molecular complexity index is 207. The van der Waals surface area contributed by atoms with Crippen molar-refractivity contribution in [1.29, 1.82) is 0 Å². The van der Waals surface area contributed by atoms with Gasteiger partial charge < -0.3 is 20.9 Å². The number of carbonyl (C=O) groups excluding carboxylic acids is 1. The summed E-state index contributed by atoms with van der Waals surface area (Å²) in [7, 11) is 1.54. The maximum Gasteiger partial charge on any atom is 0.223 e. The molecule has 1 rings (SSSR count). The molecule has 1 fully saturated rings. The molecule has 1 aliphatic carbocycles. The summed E-state index contributed by atoms with van der Waals surface area (Å²) in [5, 5.41) is 12.0. The molecule has 0 aromatic heterocycles. The number of hydrogen-bond donors (Lipinski definition) is 3. The Balaban J connectivity index is 2.34. The Morgan fingerprint density at radius 2 is 2.33 bits per heavy atom. The van der Waals surface area contributed by atoms with Crippen LogP contribution in [0, 0.1) is 0 Å². The number of aliphatic hydroxyl groups is 1. The maximum atomic E-state index is 11.6. The summed E-state index contributed by atoms with van der Waals surface area (Å²) in [4.78, 5) is 11.6. The summed E-state index contributed by atoms with van der Waals surface area (Å²) >= 11 is 0. The van der Waals surface area contributed by atoms with Crippen LogP contribution in [0.2, 0.25) is 0 Å². The Kier molecular flexibility index (Phi) is 4.50. The number of ether oxygens (including phenoxy) is 1. The molecule has 88 valence electrons. The smallest absolute Gasteiger partial charge is 0.223 e. The van der Waals surface area contributed by atoms with E-state index in [9.17, 15) is 4.79 Å². The predicted octanol–water partition coefficient (Wildman–Crippen LogP) is -0.619. The molecular weight excluding hydrogens is 196 g/mol. The van der Waals surface area contributed by atoms with Crippen LogP contribution in [-0.4, -0.2) is 42.9 Å². The molecule has 5 nitrogen and oxygen atoms in total. The number of carbonyl (C=O) groups is 1. The van der Waals surface area contributed by atoms with Crippen LogP contribution in [0.25, 0.3) is 0 Å². The lowest BCUT2D eigenvalue weighted by Crippen LogP contribution is -2.56. The Morgan fingerprint density at radius 1 is 1.67 bits per heavy atom. The lowest BCUT2D eigenvalue weighted by molar-refractivity contribution is -0.127. The number of hydrogen-bond acceptors (Lipinski definition) is 4. The third kappa shape index (κ3) is 3.15. The van der Waals surface area contributed by atoms with Crippen LogP contribution in [0.15, 0.2) is 0 Å². The van der Waals surface area contributed by atoms with Crippen LogP contribution in [0.5, 0.6) is 0 Å². The van der Waals surface area contributed by atoms with Crippen molar-refractivity contribution in [2.75, 3.05) is 20.3 Å². The van der Waals surface area contributed by atoms with E-state index in [2.05, 4.69) is 5.32 Å². The molecule has 0 spiro atoms. The Hall–Kier alpha value is -0.650. The minimum atomic E-state index is -0.371. The van der Waals surface area contributed by atoms with Crippen molar-refractivity contribution < 1.29 is 14.6 Å². The van der Waals surface area contributed by atoms with Gasteiger partial charge in [-0.25, -0.2) is 0 Å². The van der Waals surface area contributed by atoms with Gasteiger partial charge >= 0.3 is 0 Å². The minimum absolute atomic E-state index is 0.0129. The van der Waals surface area contributed by atoms with Crippen LogP contribution in [0.1, 0.15) is 25.7 Å². The third-order valence-corrected chi connectivity index (χ3v) is 3.03. The highest BCUT2D eigenvalue weighted by molar-refractivity contribution is 5.77. The first kappa shape index (κ1) is 12.4. The number of rotatable bonds is 6. The molecule has 1 aliphatic rings. The van der Waals surface area contributed by atoms with E-state index in [1.165, 1.54) is 7.11 Å². The van der Waals surface area contributed by atoms with Crippen LogP contribution in [0.3, 0.4) is 0 Å². The monoisotopic (exact) mass is 216 g/mol. The van der Waals surface area contributed by atoms with E-state index in [-0.39, 0.29) is 30.6 Å².